The average molecular weight is 486 g/mol. The first kappa shape index (κ1) is 25.0. The molecule has 1 aliphatic heterocycles. The molecule has 1 N–H and O–H groups in total. The molecule has 188 valence electrons. The van der Waals surface area contributed by atoms with Crippen LogP contribution < -0.4 is 14.2 Å². The molecule has 0 amide bonds. The lowest BCUT2D eigenvalue weighted by Gasteiger charge is -2.30. The molecular weight excluding hydrogens is 453 g/mol. The Morgan fingerprint density at radius 3 is 2.89 bits per heavy atom. The van der Waals surface area contributed by atoms with Crippen LogP contribution in [0.2, 0.25) is 0 Å². The van der Waals surface area contributed by atoms with Crippen molar-refractivity contribution in [1.29, 1.82) is 0 Å². The number of hydrogen-bond acceptors (Lipinski definition) is 7. The maximum Gasteiger partial charge on any atom is 0.161 e. The van der Waals surface area contributed by atoms with E-state index in [1.165, 1.54) is 12.1 Å². The number of benzene rings is 2. The van der Waals surface area contributed by atoms with E-state index in [4.69, 9.17) is 18.9 Å². The molecule has 3 aromatic rings. The molecule has 4 rings (SSSR count). The second kappa shape index (κ2) is 12.0. The smallest absolute Gasteiger partial charge is 0.161 e. The summed E-state index contributed by atoms with van der Waals surface area (Å²) in [5.41, 5.74) is -0.187. The van der Waals surface area contributed by atoms with Crippen LogP contribution in [0, 0.1) is 5.82 Å². The van der Waals surface area contributed by atoms with Crippen molar-refractivity contribution in [2.45, 2.75) is 25.1 Å². The standard InChI is InChI=1S/C26H32FN3O5/c1-32-24-7-6-21(14-25(24)34-12-3-9-29-10-8-28-20-29)16-30-11-13-33-18-26(31,17-30)19-35-23-5-2-4-22(27)15-23/h2,4-8,10,14-15,20,31H,3,9,11-13,16-19H2,1H3/t26-/m1/s1. The molecule has 1 aromatic heterocycles. The summed E-state index contributed by atoms with van der Waals surface area (Å²) < 4.78 is 38.3. The molecule has 1 saturated heterocycles. The second-order valence-corrected chi connectivity index (χ2v) is 8.72. The van der Waals surface area contributed by atoms with Gasteiger partial charge in [0.15, 0.2) is 11.5 Å². The number of aromatic nitrogens is 2. The maximum atomic E-state index is 13.4. The number of β-amino-alcohol motifs (C(OH)–C–C–N with tert-alkyl or cyclic N) is 1. The van der Waals surface area contributed by atoms with Crippen molar-refractivity contribution in [2.24, 2.45) is 0 Å². The SMILES string of the molecule is COc1ccc(CN2CCOC[C@@](O)(COc3cccc(F)c3)C2)cc1OCCCn1ccnc1. The lowest BCUT2D eigenvalue weighted by molar-refractivity contribution is -0.0647. The van der Waals surface area contributed by atoms with Gasteiger partial charge in [-0.3, -0.25) is 4.90 Å². The highest BCUT2D eigenvalue weighted by molar-refractivity contribution is 5.43. The number of ether oxygens (including phenoxy) is 4. The van der Waals surface area contributed by atoms with Gasteiger partial charge in [-0.15, -0.1) is 0 Å². The van der Waals surface area contributed by atoms with E-state index >= 15 is 0 Å². The number of halogens is 1. The van der Waals surface area contributed by atoms with Crippen LogP contribution >= 0.6 is 0 Å². The number of hydrogen-bond donors (Lipinski definition) is 1. The van der Waals surface area contributed by atoms with Crippen LogP contribution in [0.1, 0.15) is 12.0 Å². The Hall–Kier alpha value is -3.14. The van der Waals surface area contributed by atoms with E-state index in [0.717, 1.165) is 18.5 Å². The summed E-state index contributed by atoms with van der Waals surface area (Å²) in [5, 5.41) is 11.2. The minimum atomic E-state index is -1.22. The van der Waals surface area contributed by atoms with Gasteiger partial charge in [0, 0.05) is 44.6 Å². The highest BCUT2D eigenvalue weighted by Gasteiger charge is 2.33. The molecule has 0 unspecified atom stereocenters. The van der Waals surface area contributed by atoms with Crippen LogP contribution in [0.3, 0.4) is 0 Å². The van der Waals surface area contributed by atoms with E-state index in [1.54, 1.807) is 31.8 Å². The Labute approximate surface area is 204 Å². The van der Waals surface area contributed by atoms with Crippen molar-refractivity contribution in [1.82, 2.24) is 14.5 Å². The Kier molecular flexibility index (Phi) is 8.57. The van der Waals surface area contributed by atoms with Gasteiger partial charge in [0.2, 0.25) is 0 Å². The van der Waals surface area contributed by atoms with Gasteiger partial charge in [0.05, 0.1) is 33.3 Å². The Morgan fingerprint density at radius 1 is 1.17 bits per heavy atom. The first-order valence-corrected chi connectivity index (χ1v) is 11.7. The van der Waals surface area contributed by atoms with Gasteiger partial charge in [-0.05, 0) is 36.2 Å². The number of methoxy groups -OCH3 is 1. The molecule has 0 saturated carbocycles. The van der Waals surface area contributed by atoms with Gasteiger partial charge in [-0.25, -0.2) is 9.37 Å². The zero-order valence-corrected chi connectivity index (χ0v) is 19.9. The fraction of sp³-hybridized carbons (Fsp3) is 0.423. The van der Waals surface area contributed by atoms with Crippen LogP contribution in [0.25, 0.3) is 0 Å². The topological polar surface area (TPSA) is 78.2 Å². The van der Waals surface area contributed by atoms with E-state index in [9.17, 15) is 9.50 Å². The van der Waals surface area contributed by atoms with Crippen molar-refractivity contribution in [3.8, 4) is 17.2 Å². The Balaban J connectivity index is 1.35. The first-order valence-electron chi connectivity index (χ1n) is 11.7. The molecule has 9 heteroatoms. The molecule has 8 nitrogen and oxygen atoms in total. The molecule has 0 radical (unpaired) electrons. The van der Waals surface area contributed by atoms with Crippen molar-refractivity contribution >= 4 is 0 Å². The normalized spacial score (nSPS) is 18.7. The quantitative estimate of drug-likeness (QED) is 0.418. The third-order valence-electron chi connectivity index (χ3n) is 5.76. The van der Waals surface area contributed by atoms with E-state index < -0.39 is 5.60 Å². The summed E-state index contributed by atoms with van der Waals surface area (Å²) in [4.78, 5) is 6.17. The van der Waals surface area contributed by atoms with Crippen molar-refractivity contribution in [3.05, 3.63) is 72.6 Å². The summed E-state index contributed by atoms with van der Waals surface area (Å²) >= 11 is 0. The lowest BCUT2D eigenvalue weighted by Crippen LogP contribution is -2.48. The maximum absolute atomic E-state index is 13.4. The van der Waals surface area contributed by atoms with Crippen LogP contribution in [-0.2, 0) is 17.8 Å². The molecule has 0 spiro atoms. The lowest BCUT2D eigenvalue weighted by atomic mass is 10.1. The van der Waals surface area contributed by atoms with Gasteiger partial charge in [-0.1, -0.05) is 12.1 Å². The third-order valence-corrected chi connectivity index (χ3v) is 5.76. The summed E-state index contributed by atoms with van der Waals surface area (Å²) in [6.07, 6.45) is 6.31. The molecular formula is C26H32FN3O5. The molecule has 1 fully saturated rings. The van der Waals surface area contributed by atoms with Gasteiger partial charge in [0.1, 0.15) is 23.8 Å². The van der Waals surface area contributed by atoms with Gasteiger partial charge < -0.3 is 28.6 Å². The van der Waals surface area contributed by atoms with E-state index in [2.05, 4.69) is 9.88 Å². The average Bonchev–Trinajstić information content (AvgIpc) is 3.30. The van der Waals surface area contributed by atoms with Crippen molar-refractivity contribution < 1.29 is 28.4 Å². The Morgan fingerprint density at radius 2 is 2.09 bits per heavy atom. The fourth-order valence-electron chi connectivity index (χ4n) is 4.03. The largest absolute Gasteiger partial charge is 0.493 e. The predicted octanol–water partition coefficient (Wildman–Crippen LogP) is 3.14. The minimum Gasteiger partial charge on any atom is -0.493 e. The second-order valence-electron chi connectivity index (χ2n) is 8.72. The number of imidazole rings is 1. The molecule has 0 bridgehead atoms. The first-order chi connectivity index (χ1) is 17.0. The van der Waals surface area contributed by atoms with Gasteiger partial charge in [-0.2, -0.15) is 0 Å². The third kappa shape index (κ3) is 7.42. The van der Waals surface area contributed by atoms with Crippen molar-refractivity contribution in [2.75, 3.05) is 46.6 Å². The van der Waals surface area contributed by atoms with E-state index in [0.29, 0.717) is 50.1 Å². The molecule has 0 aliphatic carbocycles. The summed E-state index contributed by atoms with van der Waals surface area (Å²) in [6, 6.07) is 11.8. The number of nitrogens with zero attached hydrogens (tertiary/aromatic N) is 3. The summed E-state index contributed by atoms with van der Waals surface area (Å²) in [6.45, 7) is 3.63. The highest BCUT2D eigenvalue weighted by atomic mass is 19.1. The molecule has 1 aliphatic rings. The number of rotatable bonds is 11. The number of aliphatic hydroxyl groups is 1. The highest BCUT2D eigenvalue weighted by Crippen LogP contribution is 2.29. The van der Waals surface area contributed by atoms with Gasteiger partial charge in [0.25, 0.3) is 0 Å². The van der Waals surface area contributed by atoms with Crippen LogP contribution in [0.5, 0.6) is 17.2 Å². The zero-order chi connectivity index (χ0) is 24.5. The molecule has 1 atom stereocenters. The van der Waals surface area contributed by atoms with E-state index in [1.807, 2.05) is 29.0 Å². The molecule has 2 aromatic carbocycles. The minimum absolute atomic E-state index is 0.000835. The van der Waals surface area contributed by atoms with Crippen LogP contribution in [0.4, 0.5) is 4.39 Å². The summed E-state index contributed by atoms with van der Waals surface area (Å²) in [5.74, 6) is 1.36. The van der Waals surface area contributed by atoms with E-state index in [-0.39, 0.29) is 19.0 Å². The summed E-state index contributed by atoms with van der Waals surface area (Å²) in [7, 11) is 1.62. The van der Waals surface area contributed by atoms with Crippen molar-refractivity contribution in [3.63, 3.8) is 0 Å². The van der Waals surface area contributed by atoms with Crippen LogP contribution in [0.15, 0.2) is 61.2 Å². The van der Waals surface area contributed by atoms with Gasteiger partial charge >= 0.3 is 0 Å². The molecule has 2 heterocycles. The van der Waals surface area contributed by atoms with Crippen LogP contribution in [-0.4, -0.2) is 71.8 Å². The molecule has 35 heavy (non-hydrogen) atoms. The number of aryl methyl sites for hydroxylation is 1. The zero-order valence-electron chi connectivity index (χ0n) is 19.9. The monoisotopic (exact) mass is 485 g/mol. The predicted molar refractivity (Wildman–Crippen MR) is 128 cm³/mol. The fourth-order valence-corrected chi connectivity index (χ4v) is 4.03. The Bertz CT molecular complexity index is 1060.